The van der Waals surface area contributed by atoms with Gasteiger partial charge in [0.25, 0.3) is 5.91 Å². The number of alkyl halides is 3. The van der Waals surface area contributed by atoms with Crippen molar-refractivity contribution in [2.75, 3.05) is 31.2 Å². The zero-order valence-electron chi connectivity index (χ0n) is 20.1. The lowest BCUT2D eigenvalue weighted by Gasteiger charge is -2.21. The van der Waals surface area contributed by atoms with Crippen LogP contribution in [0.2, 0.25) is 0 Å². The first-order chi connectivity index (χ1) is 17.5. The maximum Gasteiger partial charge on any atom is 0.420 e. The Hall–Kier alpha value is -3.03. The van der Waals surface area contributed by atoms with E-state index >= 15 is 0 Å². The molecule has 8 nitrogen and oxygen atoms in total. The first-order valence-electron chi connectivity index (χ1n) is 11.7. The summed E-state index contributed by atoms with van der Waals surface area (Å²) in [5.41, 5.74) is 2.40. The van der Waals surface area contributed by atoms with Crippen LogP contribution in [0.25, 0.3) is 10.6 Å². The third-order valence-electron chi connectivity index (χ3n) is 6.54. The van der Waals surface area contributed by atoms with Crippen molar-refractivity contribution in [1.82, 2.24) is 20.2 Å². The second-order valence-electron chi connectivity index (χ2n) is 8.99. The predicted octanol–water partition coefficient (Wildman–Crippen LogP) is 4.03. The second-order valence-corrected chi connectivity index (χ2v) is 12.1. The molecule has 196 valence electrons. The van der Waals surface area contributed by atoms with E-state index in [1.54, 1.807) is 0 Å². The van der Waals surface area contributed by atoms with Crippen LogP contribution in [0.1, 0.15) is 38.8 Å². The molecule has 2 aromatic heterocycles. The molecule has 0 unspecified atom stereocenters. The van der Waals surface area contributed by atoms with Crippen molar-refractivity contribution in [1.29, 1.82) is 0 Å². The number of sulfone groups is 1. The molecule has 0 bridgehead atoms. The molecule has 0 aliphatic carbocycles. The third-order valence-corrected chi connectivity index (χ3v) is 9.51. The summed E-state index contributed by atoms with van der Waals surface area (Å²) >= 11 is 0.692. The fourth-order valence-electron chi connectivity index (χ4n) is 4.46. The lowest BCUT2D eigenvalue weighted by molar-refractivity contribution is -0.137. The Kier molecular flexibility index (Phi) is 6.49. The number of hydrogen-bond acceptors (Lipinski definition) is 8. The number of halogens is 3. The number of fused-ring (bicyclic) bond motifs is 2. The van der Waals surface area contributed by atoms with E-state index in [4.69, 9.17) is 0 Å². The molecule has 5 rings (SSSR count). The summed E-state index contributed by atoms with van der Waals surface area (Å²) in [6.45, 7) is 3.57. The van der Waals surface area contributed by atoms with Crippen molar-refractivity contribution in [3.8, 4) is 10.6 Å². The fraction of sp³-hybridized carbons (Fsp3) is 0.375. The van der Waals surface area contributed by atoms with Gasteiger partial charge in [0.15, 0.2) is 9.84 Å². The Balaban J connectivity index is 1.61. The molecule has 0 radical (unpaired) electrons. The van der Waals surface area contributed by atoms with Gasteiger partial charge in [-0.1, -0.05) is 13.0 Å². The Morgan fingerprint density at radius 1 is 1.22 bits per heavy atom. The SMILES string of the molecule is CCc1cc2c(cc1Nc1ncc(C(F)(F)F)c(-c3cc4c(s3)C(=O)N(C)CCS4(=O)=O)n1)CCNC2. The molecule has 1 aromatic carbocycles. The molecule has 1 amide bonds. The van der Waals surface area contributed by atoms with Crippen molar-refractivity contribution in [2.45, 2.75) is 37.4 Å². The molecule has 0 spiro atoms. The van der Waals surface area contributed by atoms with Crippen LogP contribution in [0.5, 0.6) is 0 Å². The molecule has 3 aromatic rings. The van der Waals surface area contributed by atoms with Gasteiger partial charge in [0, 0.05) is 32.0 Å². The van der Waals surface area contributed by atoms with Crippen LogP contribution in [0, 0.1) is 0 Å². The summed E-state index contributed by atoms with van der Waals surface area (Å²) < 4.78 is 67.4. The number of rotatable bonds is 4. The minimum absolute atomic E-state index is 0.00385. The monoisotopic (exact) mass is 551 g/mol. The molecular weight excluding hydrogens is 527 g/mol. The van der Waals surface area contributed by atoms with Gasteiger partial charge >= 0.3 is 6.18 Å². The van der Waals surface area contributed by atoms with Gasteiger partial charge < -0.3 is 15.5 Å². The highest BCUT2D eigenvalue weighted by Gasteiger charge is 2.38. The number of amides is 1. The highest BCUT2D eigenvalue weighted by atomic mass is 32.2. The van der Waals surface area contributed by atoms with Gasteiger partial charge in [-0.05, 0) is 48.2 Å². The molecule has 0 saturated heterocycles. The molecule has 4 heterocycles. The average molecular weight is 552 g/mol. The average Bonchev–Trinajstić information content (AvgIpc) is 3.29. The number of aromatic nitrogens is 2. The van der Waals surface area contributed by atoms with Gasteiger partial charge in [0.2, 0.25) is 5.95 Å². The lowest BCUT2D eigenvalue weighted by atomic mass is 9.96. The largest absolute Gasteiger partial charge is 0.420 e. The number of thiophene rings is 1. The van der Waals surface area contributed by atoms with Crippen molar-refractivity contribution < 1.29 is 26.4 Å². The molecule has 0 saturated carbocycles. The molecule has 0 fully saturated rings. The van der Waals surface area contributed by atoms with E-state index in [1.807, 2.05) is 13.0 Å². The standard InChI is InChI=1S/C24H24F3N5O3S2/c1-3-13-8-15-11-28-5-4-14(15)9-17(13)30-23-29-12-16(24(25,26)27)20(31-23)18-10-19-21(36-18)22(33)32(2)6-7-37(19,34)35/h8-10,12,28H,3-7,11H2,1-2H3,(H,29,30,31). The van der Waals surface area contributed by atoms with Crippen molar-refractivity contribution in [2.24, 2.45) is 0 Å². The van der Waals surface area contributed by atoms with Gasteiger partial charge in [-0.15, -0.1) is 11.3 Å². The number of carbonyl (C=O) groups is 1. The highest BCUT2D eigenvalue weighted by molar-refractivity contribution is 7.91. The molecule has 0 atom stereocenters. The smallest absolute Gasteiger partial charge is 0.340 e. The van der Waals surface area contributed by atoms with E-state index in [-0.39, 0.29) is 32.9 Å². The highest BCUT2D eigenvalue weighted by Crippen LogP contribution is 2.42. The number of carbonyl (C=O) groups excluding carboxylic acids is 1. The van der Waals surface area contributed by atoms with Crippen molar-refractivity contribution in [3.05, 3.63) is 51.5 Å². The molecule has 2 aliphatic heterocycles. The Bertz CT molecular complexity index is 1500. The van der Waals surface area contributed by atoms with Crippen LogP contribution in [-0.2, 0) is 35.4 Å². The Labute approximate surface area is 215 Å². The van der Waals surface area contributed by atoms with E-state index in [9.17, 15) is 26.4 Å². The fourth-order valence-corrected chi connectivity index (χ4v) is 7.50. The first kappa shape index (κ1) is 25.6. The summed E-state index contributed by atoms with van der Waals surface area (Å²) in [7, 11) is -2.40. The third kappa shape index (κ3) is 4.82. The minimum atomic E-state index is -4.79. The normalized spacial score (nSPS) is 17.2. The second kappa shape index (κ2) is 9.37. The predicted molar refractivity (Wildman–Crippen MR) is 134 cm³/mol. The molecular formula is C24H24F3N5O3S2. The van der Waals surface area contributed by atoms with Crippen molar-refractivity contribution in [3.63, 3.8) is 0 Å². The minimum Gasteiger partial charge on any atom is -0.340 e. The van der Waals surface area contributed by atoms with E-state index < -0.39 is 33.2 Å². The summed E-state index contributed by atoms with van der Waals surface area (Å²) in [6.07, 6.45) is -2.59. The topological polar surface area (TPSA) is 104 Å². The number of nitrogens with zero attached hydrogens (tertiary/aromatic N) is 3. The quantitative estimate of drug-likeness (QED) is 0.505. The summed E-state index contributed by atoms with van der Waals surface area (Å²) in [6, 6.07) is 5.17. The summed E-state index contributed by atoms with van der Waals surface area (Å²) in [5.74, 6) is -0.916. The first-order valence-corrected chi connectivity index (χ1v) is 14.1. The van der Waals surface area contributed by atoms with E-state index in [2.05, 4.69) is 26.7 Å². The summed E-state index contributed by atoms with van der Waals surface area (Å²) in [5, 5.41) is 6.39. The number of anilines is 2. The molecule has 2 N–H and O–H groups in total. The molecule has 2 aliphatic rings. The van der Waals surface area contributed by atoms with Crippen LogP contribution < -0.4 is 10.6 Å². The van der Waals surface area contributed by atoms with Crippen LogP contribution in [0.4, 0.5) is 24.8 Å². The Morgan fingerprint density at radius 3 is 2.73 bits per heavy atom. The van der Waals surface area contributed by atoms with Gasteiger partial charge in [-0.2, -0.15) is 13.2 Å². The van der Waals surface area contributed by atoms with Crippen LogP contribution >= 0.6 is 11.3 Å². The maximum absolute atomic E-state index is 13.9. The van der Waals surface area contributed by atoms with Gasteiger partial charge in [0.1, 0.15) is 10.4 Å². The van der Waals surface area contributed by atoms with Crippen LogP contribution in [-0.4, -0.2) is 55.1 Å². The van der Waals surface area contributed by atoms with E-state index in [0.29, 0.717) is 29.6 Å². The lowest BCUT2D eigenvalue weighted by Crippen LogP contribution is -2.27. The number of hydrogen-bond donors (Lipinski definition) is 2. The zero-order chi connectivity index (χ0) is 26.5. The zero-order valence-corrected chi connectivity index (χ0v) is 21.7. The van der Waals surface area contributed by atoms with Crippen molar-refractivity contribution >= 4 is 38.7 Å². The van der Waals surface area contributed by atoms with Gasteiger partial charge in [0.05, 0.1) is 21.2 Å². The van der Waals surface area contributed by atoms with Gasteiger partial charge in [-0.25, -0.2) is 18.4 Å². The maximum atomic E-state index is 13.9. The van der Waals surface area contributed by atoms with Crippen LogP contribution in [0.15, 0.2) is 29.3 Å². The van der Waals surface area contributed by atoms with Crippen LogP contribution in [0.3, 0.4) is 0 Å². The Morgan fingerprint density at radius 2 is 2.00 bits per heavy atom. The van der Waals surface area contributed by atoms with E-state index in [1.165, 1.54) is 17.5 Å². The number of benzene rings is 1. The van der Waals surface area contributed by atoms with Gasteiger partial charge in [-0.3, -0.25) is 4.79 Å². The summed E-state index contributed by atoms with van der Waals surface area (Å²) in [4.78, 5) is 21.7. The van der Waals surface area contributed by atoms with E-state index in [0.717, 1.165) is 36.7 Å². The molecule has 13 heteroatoms. The number of aryl methyl sites for hydroxylation is 1. The molecule has 37 heavy (non-hydrogen) atoms. The number of nitrogens with one attached hydrogen (secondary N) is 2.